The number of aryl methyl sites for hydroxylation is 1. The van der Waals surface area contributed by atoms with E-state index >= 15 is 0 Å². The first-order chi connectivity index (χ1) is 11.0. The van der Waals surface area contributed by atoms with Gasteiger partial charge >= 0.3 is 0 Å². The summed E-state index contributed by atoms with van der Waals surface area (Å²) in [4.78, 5) is 28.1. The van der Waals surface area contributed by atoms with Gasteiger partial charge in [0, 0.05) is 9.75 Å². The first-order valence-corrected chi connectivity index (χ1v) is 8.30. The van der Waals surface area contributed by atoms with Crippen LogP contribution in [0.1, 0.15) is 9.75 Å². The summed E-state index contributed by atoms with van der Waals surface area (Å²) in [7, 11) is 0. The number of thiophene rings is 1. The molecule has 3 rings (SSSR count). The smallest absolute Gasteiger partial charge is 0.270 e. The fraction of sp³-hybridized carbons (Fsp3) is 0.0625. The summed E-state index contributed by atoms with van der Waals surface area (Å²) in [5.74, 6) is -0.993. The fourth-order valence-electron chi connectivity index (χ4n) is 2.18. The third-order valence-electron chi connectivity index (χ3n) is 3.24. The van der Waals surface area contributed by atoms with E-state index in [1.165, 1.54) is 16.2 Å². The van der Waals surface area contributed by atoms with Crippen molar-refractivity contribution in [1.82, 2.24) is 5.32 Å². The fourth-order valence-corrected chi connectivity index (χ4v) is 3.50. The lowest BCUT2D eigenvalue weighted by Gasteiger charge is -2.29. The first kappa shape index (κ1) is 15.9. The first-order valence-electron chi connectivity index (χ1n) is 6.70. The summed E-state index contributed by atoms with van der Waals surface area (Å²) in [6.45, 7) is 1.96. The molecule has 0 bridgehead atoms. The third-order valence-corrected chi connectivity index (χ3v) is 4.79. The standard InChI is InChI=1S/C16H11ClN2O2S2/c1-9-6-7-10(23-9)8-11-14(20)18-16(22)19(15(11)21)13-5-3-2-4-12(13)17/h2-8H,1H3,(H,18,20,22)/b11-8+. The van der Waals surface area contributed by atoms with Crippen molar-refractivity contribution in [3.63, 3.8) is 0 Å². The Morgan fingerprint density at radius 2 is 1.96 bits per heavy atom. The predicted molar refractivity (Wildman–Crippen MR) is 96.7 cm³/mol. The monoisotopic (exact) mass is 362 g/mol. The second-order valence-electron chi connectivity index (χ2n) is 4.86. The summed E-state index contributed by atoms with van der Waals surface area (Å²) >= 11 is 12.8. The molecule has 1 saturated heterocycles. The molecule has 23 heavy (non-hydrogen) atoms. The molecule has 0 saturated carbocycles. The van der Waals surface area contributed by atoms with Crippen LogP contribution in [-0.4, -0.2) is 16.9 Å². The maximum absolute atomic E-state index is 12.8. The Kier molecular flexibility index (Phi) is 4.30. The largest absolute Gasteiger partial charge is 0.298 e. The molecule has 2 aromatic rings. The molecule has 0 unspecified atom stereocenters. The van der Waals surface area contributed by atoms with Crippen LogP contribution >= 0.6 is 35.2 Å². The minimum absolute atomic E-state index is 0.0209. The van der Waals surface area contributed by atoms with Crippen LogP contribution in [0.3, 0.4) is 0 Å². The lowest BCUT2D eigenvalue weighted by atomic mass is 10.1. The van der Waals surface area contributed by atoms with E-state index in [0.717, 1.165) is 9.75 Å². The maximum atomic E-state index is 12.8. The number of halogens is 1. The molecule has 0 atom stereocenters. The van der Waals surface area contributed by atoms with E-state index in [2.05, 4.69) is 5.32 Å². The molecule has 1 N–H and O–H groups in total. The lowest BCUT2D eigenvalue weighted by Crippen LogP contribution is -2.54. The van der Waals surface area contributed by atoms with Crippen molar-refractivity contribution < 1.29 is 9.59 Å². The van der Waals surface area contributed by atoms with Crippen LogP contribution in [0.15, 0.2) is 42.0 Å². The van der Waals surface area contributed by atoms with Gasteiger partial charge in [-0.1, -0.05) is 23.7 Å². The Morgan fingerprint density at radius 3 is 2.61 bits per heavy atom. The summed E-state index contributed by atoms with van der Waals surface area (Å²) in [5.41, 5.74) is 0.470. The molecule has 2 amide bonds. The number of thiocarbonyl (C=S) groups is 1. The number of nitrogens with one attached hydrogen (secondary N) is 1. The van der Waals surface area contributed by atoms with Crippen LogP contribution in [0.2, 0.25) is 5.02 Å². The molecule has 0 aliphatic carbocycles. The number of carbonyl (C=O) groups is 2. The van der Waals surface area contributed by atoms with Gasteiger partial charge in [0.2, 0.25) is 0 Å². The number of rotatable bonds is 2. The van der Waals surface area contributed by atoms with Crippen LogP contribution in [0.25, 0.3) is 6.08 Å². The second kappa shape index (κ2) is 6.23. The van der Waals surface area contributed by atoms with E-state index in [-0.39, 0.29) is 10.7 Å². The molecule has 7 heteroatoms. The lowest BCUT2D eigenvalue weighted by molar-refractivity contribution is -0.122. The Hall–Kier alpha value is -2.02. The topological polar surface area (TPSA) is 49.4 Å². The van der Waals surface area contributed by atoms with Gasteiger partial charge in [-0.25, -0.2) is 0 Å². The number of anilines is 1. The number of para-hydroxylation sites is 1. The molecular weight excluding hydrogens is 352 g/mol. The van der Waals surface area contributed by atoms with Gasteiger partial charge in [-0.15, -0.1) is 11.3 Å². The molecule has 1 aromatic heterocycles. The molecule has 1 fully saturated rings. The minimum Gasteiger partial charge on any atom is -0.298 e. The van der Waals surface area contributed by atoms with Crippen molar-refractivity contribution >= 4 is 63.8 Å². The summed E-state index contributed by atoms with van der Waals surface area (Å²) < 4.78 is 0. The van der Waals surface area contributed by atoms with Crippen LogP contribution in [0.4, 0.5) is 5.69 Å². The summed E-state index contributed by atoms with van der Waals surface area (Å²) in [6.07, 6.45) is 1.57. The van der Waals surface area contributed by atoms with Gasteiger partial charge in [-0.2, -0.15) is 0 Å². The van der Waals surface area contributed by atoms with E-state index in [1.807, 2.05) is 19.1 Å². The van der Waals surface area contributed by atoms with Crippen LogP contribution in [0, 0.1) is 6.92 Å². The van der Waals surface area contributed by atoms with Crippen molar-refractivity contribution in [2.24, 2.45) is 0 Å². The number of carbonyl (C=O) groups excluding carboxylic acids is 2. The third kappa shape index (κ3) is 3.06. The zero-order valence-corrected chi connectivity index (χ0v) is 14.4. The molecule has 0 radical (unpaired) electrons. The highest BCUT2D eigenvalue weighted by molar-refractivity contribution is 7.80. The van der Waals surface area contributed by atoms with E-state index in [0.29, 0.717) is 10.7 Å². The number of hydrogen-bond acceptors (Lipinski definition) is 4. The van der Waals surface area contributed by atoms with Gasteiger partial charge in [0.1, 0.15) is 5.57 Å². The molecule has 1 aliphatic rings. The molecule has 4 nitrogen and oxygen atoms in total. The summed E-state index contributed by atoms with van der Waals surface area (Å²) in [6, 6.07) is 10.6. The zero-order chi connectivity index (χ0) is 16.6. The van der Waals surface area contributed by atoms with E-state index in [4.69, 9.17) is 23.8 Å². The van der Waals surface area contributed by atoms with Crippen LogP contribution in [0.5, 0.6) is 0 Å². The summed E-state index contributed by atoms with van der Waals surface area (Å²) in [5, 5.41) is 2.94. The van der Waals surface area contributed by atoms with Crippen molar-refractivity contribution in [3.05, 3.63) is 56.7 Å². The molecular formula is C16H11ClN2O2S2. The van der Waals surface area contributed by atoms with E-state index < -0.39 is 11.8 Å². The highest BCUT2D eigenvalue weighted by Crippen LogP contribution is 2.29. The highest BCUT2D eigenvalue weighted by Gasteiger charge is 2.35. The molecule has 1 aromatic carbocycles. The van der Waals surface area contributed by atoms with Crippen molar-refractivity contribution in [2.75, 3.05) is 4.90 Å². The Morgan fingerprint density at radius 1 is 1.22 bits per heavy atom. The Labute approximate surface area is 147 Å². The van der Waals surface area contributed by atoms with Gasteiger partial charge < -0.3 is 0 Å². The zero-order valence-electron chi connectivity index (χ0n) is 12.0. The number of benzene rings is 1. The van der Waals surface area contributed by atoms with Gasteiger partial charge in [0.15, 0.2) is 5.11 Å². The Balaban J connectivity index is 2.04. The normalized spacial score (nSPS) is 16.9. The predicted octanol–water partition coefficient (Wildman–Crippen LogP) is 3.54. The molecule has 2 heterocycles. The van der Waals surface area contributed by atoms with Gasteiger partial charge in [-0.3, -0.25) is 19.8 Å². The Bertz CT molecular complexity index is 857. The average molecular weight is 363 g/mol. The highest BCUT2D eigenvalue weighted by atomic mass is 35.5. The van der Waals surface area contributed by atoms with Crippen molar-refractivity contribution in [3.8, 4) is 0 Å². The van der Waals surface area contributed by atoms with E-state index in [1.54, 1.807) is 30.3 Å². The van der Waals surface area contributed by atoms with Gasteiger partial charge in [0.25, 0.3) is 11.8 Å². The number of hydrogen-bond donors (Lipinski definition) is 1. The molecule has 0 spiro atoms. The van der Waals surface area contributed by atoms with E-state index in [9.17, 15) is 9.59 Å². The average Bonchev–Trinajstić information content (AvgIpc) is 2.91. The molecule has 116 valence electrons. The van der Waals surface area contributed by atoms with Crippen molar-refractivity contribution in [2.45, 2.75) is 6.92 Å². The second-order valence-corrected chi connectivity index (χ2v) is 6.97. The van der Waals surface area contributed by atoms with Gasteiger partial charge in [-0.05, 0) is 49.5 Å². The number of nitrogens with zero attached hydrogens (tertiary/aromatic N) is 1. The van der Waals surface area contributed by atoms with Crippen LogP contribution in [-0.2, 0) is 9.59 Å². The van der Waals surface area contributed by atoms with Crippen molar-refractivity contribution in [1.29, 1.82) is 0 Å². The SMILES string of the molecule is Cc1ccc(/C=C2\C(=O)NC(=S)N(c3ccccc3Cl)C2=O)s1. The quantitative estimate of drug-likeness (QED) is 0.505. The van der Waals surface area contributed by atoms with Gasteiger partial charge in [0.05, 0.1) is 10.7 Å². The number of amides is 2. The molecule has 1 aliphatic heterocycles. The van der Waals surface area contributed by atoms with Crippen LogP contribution < -0.4 is 10.2 Å². The maximum Gasteiger partial charge on any atom is 0.270 e. The minimum atomic E-state index is -0.505.